The van der Waals surface area contributed by atoms with Crippen LogP contribution in [0.2, 0.25) is 0 Å². The molecule has 32 heavy (non-hydrogen) atoms. The van der Waals surface area contributed by atoms with Crippen molar-refractivity contribution < 1.29 is 4.79 Å². The van der Waals surface area contributed by atoms with Gasteiger partial charge in [0.25, 0.3) is 5.91 Å². The predicted octanol–water partition coefficient (Wildman–Crippen LogP) is 2.41. The van der Waals surface area contributed by atoms with Gasteiger partial charge >= 0.3 is 0 Å². The van der Waals surface area contributed by atoms with Crippen LogP contribution in [0.25, 0.3) is 0 Å². The van der Waals surface area contributed by atoms with E-state index in [0.29, 0.717) is 35.6 Å². The fourth-order valence-electron chi connectivity index (χ4n) is 3.65. The highest BCUT2D eigenvalue weighted by molar-refractivity contribution is 7.14. The highest BCUT2D eigenvalue weighted by Crippen LogP contribution is 2.28. The Kier molecular flexibility index (Phi) is 6.94. The van der Waals surface area contributed by atoms with Crippen LogP contribution in [-0.4, -0.2) is 55.6 Å². The lowest BCUT2D eigenvalue weighted by molar-refractivity contribution is 0.0946. The van der Waals surface area contributed by atoms with Gasteiger partial charge in [0.2, 0.25) is 0 Å². The Morgan fingerprint density at radius 1 is 1.34 bits per heavy atom. The maximum Gasteiger partial charge on any atom is 0.271 e. The second kappa shape index (κ2) is 10.2. The lowest BCUT2D eigenvalue weighted by atomic mass is 9.94. The number of carbonyl (C=O) groups is 1. The van der Waals surface area contributed by atoms with Crippen LogP contribution >= 0.6 is 11.3 Å². The smallest absolute Gasteiger partial charge is 0.271 e. The fourth-order valence-corrected chi connectivity index (χ4v) is 4.34. The van der Waals surface area contributed by atoms with Gasteiger partial charge in [0.1, 0.15) is 17.3 Å². The van der Waals surface area contributed by atoms with E-state index in [9.17, 15) is 4.79 Å². The number of amides is 1. The molecule has 1 aliphatic rings. The lowest BCUT2D eigenvalue weighted by Crippen LogP contribution is -2.35. The number of anilines is 2. The molecule has 1 saturated heterocycles. The molecule has 0 unspecified atom stereocenters. The first-order chi connectivity index (χ1) is 15.6. The Hall–Kier alpha value is -3.49. The molecule has 2 N–H and O–H groups in total. The standard InChI is InChI=1S/C21H23N9OS/c1-14-26-17(16-3-2-7-30(12-16)8-5-22)9-19(27-14)29-21-28-18(13-32-21)20(31)23-10-15-4-6-24-25-11-15/h4,6,9,11,13,16H,2-3,7-8,10,12H2,1H3,(H,23,31)(H,26,27,28,29)/t16-/m1/s1. The Balaban J connectivity index is 1.41. The van der Waals surface area contributed by atoms with Crippen LogP contribution in [0.1, 0.15) is 46.3 Å². The summed E-state index contributed by atoms with van der Waals surface area (Å²) >= 11 is 1.34. The molecule has 4 heterocycles. The summed E-state index contributed by atoms with van der Waals surface area (Å²) in [4.78, 5) is 28.0. The van der Waals surface area contributed by atoms with Crippen LogP contribution in [0.4, 0.5) is 10.9 Å². The molecule has 1 amide bonds. The SMILES string of the molecule is Cc1nc(Nc2nc(C(=O)NCc3ccnnc3)cs2)cc([C@@H]2CCCN(CC#N)C2)n1. The zero-order valence-electron chi connectivity index (χ0n) is 17.7. The van der Waals surface area contributed by atoms with Crippen LogP contribution in [0.3, 0.4) is 0 Å². The lowest BCUT2D eigenvalue weighted by Gasteiger charge is -2.30. The summed E-state index contributed by atoms with van der Waals surface area (Å²) in [5.74, 6) is 1.32. The second-order valence-electron chi connectivity index (χ2n) is 7.55. The van der Waals surface area contributed by atoms with Crippen LogP contribution in [0.5, 0.6) is 0 Å². The number of likely N-dealkylation sites (tertiary alicyclic amines) is 1. The second-order valence-corrected chi connectivity index (χ2v) is 8.41. The third-order valence-corrected chi connectivity index (χ3v) is 5.90. The van der Waals surface area contributed by atoms with Gasteiger partial charge in [0.05, 0.1) is 24.5 Å². The molecule has 0 aromatic carbocycles. The number of nitriles is 1. The van der Waals surface area contributed by atoms with E-state index in [4.69, 9.17) is 5.26 Å². The number of rotatable bonds is 7. The van der Waals surface area contributed by atoms with Crippen molar-refractivity contribution in [1.82, 2.24) is 35.4 Å². The average Bonchev–Trinajstić information content (AvgIpc) is 3.27. The van der Waals surface area contributed by atoms with Gasteiger partial charge in [-0.05, 0) is 37.9 Å². The number of carbonyl (C=O) groups excluding carboxylic acids is 1. The minimum Gasteiger partial charge on any atom is -0.347 e. The van der Waals surface area contributed by atoms with E-state index in [2.05, 4.69) is 46.8 Å². The number of nitrogens with zero attached hydrogens (tertiary/aromatic N) is 7. The molecule has 1 fully saturated rings. The Morgan fingerprint density at radius 2 is 2.25 bits per heavy atom. The quantitative estimate of drug-likeness (QED) is 0.522. The van der Waals surface area contributed by atoms with Crippen LogP contribution < -0.4 is 10.6 Å². The molecule has 0 spiro atoms. The molecule has 0 radical (unpaired) electrons. The monoisotopic (exact) mass is 449 g/mol. The molecule has 1 aliphatic heterocycles. The molecule has 4 rings (SSSR count). The van der Waals surface area contributed by atoms with Crippen LogP contribution in [0.15, 0.2) is 29.9 Å². The van der Waals surface area contributed by atoms with Crippen LogP contribution in [-0.2, 0) is 6.54 Å². The fraction of sp³-hybridized carbons (Fsp3) is 0.381. The first-order valence-corrected chi connectivity index (χ1v) is 11.2. The summed E-state index contributed by atoms with van der Waals surface area (Å²) in [6.45, 7) is 4.42. The van der Waals surface area contributed by atoms with E-state index >= 15 is 0 Å². The zero-order valence-corrected chi connectivity index (χ0v) is 18.5. The largest absolute Gasteiger partial charge is 0.347 e. The summed E-state index contributed by atoms with van der Waals surface area (Å²) in [5, 5.41) is 24.8. The van der Waals surface area contributed by atoms with Crippen molar-refractivity contribution >= 4 is 28.2 Å². The van der Waals surface area contributed by atoms with Crippen molar-refractivity contribution in [3.63, 3.8) is 0 Å². The Bertz CT molecular complexity index is 1110. The number of hydrogen-bond donors (Lipinski definition) is 2. The van der Waals surface area contributed by atoms with Gasteiger partial charge in [-0.3, -0.25) is 9.69 Å². The molecular formula is C21H23N9OS. The van der Waals surface area contributed by atoms with E-state index in [1.807, 2.05) is 13.0 Å². The van der Waals surface area contributed by atoms with E-state index in [-0.39, 0.29) is 11.8 Å². The number of piperidine rings is 1. The molecule has 164 valence electrons. The van der Waals surface area contributed by atoms with Gasteiger partial charge in [-0.1, -0.05) is 0 Å². The van der Waals surface area contributed by atoms with Gasteiger partial charge < -0.3 is 10.6 Å². The first-order valence-electron chi connectivity index (χ1n) is 10.3. The van der Waals surface area contributed by atoms with Crippen molar-refractivity contribution in [3.8, 4) is 6.07 Å². The van der Waals surface area contributed by atoms with E-state index in [1.165, 1.54) is 11.3 Å². The molecule has 1 atom stereocenters. The minimum absolute atomic E-state index is 0.259. The predicted molar refractivity (Wildman–Crippen MR) is 119 cm³/mol. The topological polar surface area (TPSA) is 133 Å². The molecule has 3 aromatic rings. The van der Waals surface area contributed by atoms with Crippen molar-refractivity contribution in [2.75, 3.05) is 25.0 Å². The normalized spacial score (nSPS) is 16.3. The summed E-state index contributed by atoms with van der Waals surface area (Å²) in [6.07, 6.45) is 5.26. The molecule has 3 aromatic heterocycles. The number of aryl methyl sites for hydroxylation is 1. The maximum atomic E-state index is 12.4. The molecule has 0 bridgehead atoms. The van der Waals surface area contributed by atoms with Crippen molar-refractivity contribution in [1.29, 1.82) is 5.26 Å². The molecule has 10 nitrogen and oxygen atoms in total. The molecule has 11 heteroatoms. The van der Waals surface area contributed by atoms with Gasteiger partial charge in [0, 0.05) is 36.7 Å². The average molecular weight is 450 g/mol. The Morgan fingerprint density at radius 3 is 3.06 bits per heavy atom. The van der Waals surface area contributed by atoms with Gasteiger partial charge in [0.15, 0.2) is 5.13 Å². The Labute approximate surface area is 189 Å². The number of hydrogen-bond acceptors (Lipinski definition) is 10. The van der Waals surface area contributed by atoms with Gasteiger partial charge in [-0.15, -0.1) is 11.3 Å². The van der Waals surface area contributed by atoms with Gasteiger partial charge in [-0.2, -0.15) is 15.5 Å². The number of aromatic nitrogens is 5. The number of nitrogens with one attached hydrogen (secondary N) is 2. The molecule has 0 aliphatic carbocycles. The zero-order chi connectivity index (χ0) is 22.3. The molecule has 0 saturated carbocycles. The minimum atomic E-state index is -0.259. The third kappa shape index (κ3) is 5.60. The van der Waals surface area contributed by atoms with Gasteiger partial charge in [-0.25, -0.2) is 15.0 Å². The highest BCUT2D eigenvalue weighted by Gasteiger charge is 2.23. The summed E-state index contributed by atoms with van der Waals surface area (Å²) < 4.78 is 0. The van der Waals surface area contributed by atoms with E-state index in [0.717, 1.165) is 37.2 Å². The third-order valence-electron chi connectivity index (χ3n) is 5.15. The van der Waals surface area contributed by atoms with E-state index < -0.39 is 0 Å². The molecular weight excluding hydrogens is 426 g/mol. The first kappa shape index (κ1) is 21.7. The van der Waals surface area contributed by atoms with Crippen LogP contribution in [0, 0.1) is 18.3 Å². The number of thiazole rings is 1. The maximum absolute atomic E-state index is 12.4. The summed E-state index contributed by atoms with van der Waals surface area (Å²) in [6, 6.07) is 5.96. The van der Waals surface area contributed by atoms with E-state index in [1.54, 1.807) is 23.8 Å². The van der Waals surface area contributed by atoms with Crippen molar-refractivity contribution in [3.05, 3.63) is 52.7 Å². The van der Waals surface area contributed by atoms with Crippen molar-refractivity contribution in [2.24, 2.45) is 0 Å². The highest BCUT2D eigenvalue weighted by atomic mass is 32.1. The van der Waals surface area contributed by atoms with Crippen molar-refractivity contribution in [2.45, 2.75) is 32.2 Å². The summed E-state index contributed by atoms with van der Waals surface area (Å²) in [5.41, 5.74) is 2.16. The summed E-state index contributed by atoms with van der Waals surface area (Å²) in [7, 11) is 0.